The minimum Gasteiger partial charge on any atom is -0.454 e. The van der Waals surface area contributed by atoms with Crippen LogP contribution in [0.25, 0.3) is 5.69 Å². The first-order valence-electron chi connectivity index (χ1n) is 9.72. The van der Waals surface area contributed by atoms with Crippen LogP contribution < -0.4 is 14.8 Å². The Kier molecular flexibility index (Phi) is 4.40. The van der Waals surface area contributed by atoms with Crippen molar-refractivity contribution >= 4 is 23.5 Å². The topological polar surface area (TPSA) is 85.7 Å². The zero-order chi connectivity index (χ0) is 21.8. The van der Waals surface area contributed by atoms with Crippen molar-refractivity contribution in [1.82, 2.24) is 20.0 Å². The number of nitrogens with zero attached hydrogens (tertiary/aromatic N) is 3. The first-order valence-corrected chi connectivity index (χ1v) is 10.1. The van der Waals surface area contributed by atoms with E-state index in [0.717, 1.165) is 10.6 Å². The molecule has 1 fully saturated rings. The maximum atomic E-state index is 13.3. The summed E-state index contributed by atoms with van der Waals surface area (Å²) in [6.07, 6.45) is 0. The summed E-state index contributed by atoms with van der Waals surface area (Å²) in [5.74, 6) is 0.776. The largest absolute Gasteiger partial charge is 0.454 e. The Bertz CT molecular complexity index is 1210. The Morgan fingerprint density at radius 2 is 1.87 bits per heavy atom. The van der Waals surface area contributed by atoms with E-state index in [2.05, 4.69) is 10.4 Å². The SMILES string of the molecule is Cc1nn(-c2ccccc2)c(Cl)c1CN1C(=O)N[C@](C)(c2ccc3c(c2)OCO3)C1=O. The van der Waals surface area contributed by atoms with E-state index >= 15 is 0 Å². The van der Waals surface area contributed by atoms with E-state index in [1.54, 1.807) is 36.7 Å². The highest BCUT2D eigenvalue weighted by molar-refractivity contribution is 6.30. The number of hydrogen-bond acceptors (Lipinski definition) is 5. The third kappa shape index (κ3) is 3.02. The molecule has 0 radical (unpaired) electrons. The van der Waals surface area contributed by atoms with E-state index in [9.17, 15) is 9.59 Å². The number of fused-ring (bicyclic) bond motifs is 1. The fourth-order valence-electron chi connectivity index (χ4n) is 3.85. The van der Waals surface area contributed by atoms with Gasteiger partial charge in [-0.05, 0) is 43.7 Å². The van der Waals surface area contributed by atoms with Crippen LogP contribution in [-0.4, -0.2) is 33.4 Å². The highest BCUT2D eigenvalue weighted by Gasteiger charge is 2.49. The first-order chi connectivity index (χ1) is 14.9. The molecule has 3 amide bonds. The number of nitrogens with one attached hydrogen (secondary N) is 1. The molecule has 3 aromatic rings. The van der Waals surface area contributed by atoms with Crippen molar-refractivity contribution in [2.45, 2.75) is 25.9 Å². The monoisotopic (exact) mass is 438 g/mol. The lowest BCUT2D eigenvalue weighted by molar-refractivity contribution is -0.131. The Morgan fingerprint density at radius 1 is 1.13 bits per heavy atom. The molecule has 31 heavy (non-hydrogen) atoms. The predicted octanol–water partition coefficient (Wildman–Crippen LogP) is 3.53. The van der Waals surface area contributed by atoms with Crippen molar-refractivity contribution in [2.75, 3.05) is 6.79 Å². The average molecular weight is 439 g/mol. The number of halogens is 1. The number of aryl methyl sites for hydroxylation is 1. The standard InChI is InChI=1S/C22H19ClN4O4/c1-13-16(19(23)27(25-13)15-6-4-3-5-7-15)11-26-20(28)22(2,24-21(26)29)14-8-9-17-18(10-14)31-12-30-17/h3-10H,11-12H2,1-2H3,(H,24,29)/t22-/m1/s1. The Labute approximate surface area is 183 Å². The molecule has 9 heteroatoms. The zero-order valence-electron chi connectivity index (χ0n) is 16.9. The van der Waals surface area contributed by atoms with E-state index in [1.165, 1.54) is 0 Å². The Morgan fingerprint density at radius 3 is 2.65 bits per heavy atom. The highest BCUT2D eigenvalue weighted by atomic mass is 35.5. The molecule has 0 spiro atoms. The van der Waals surface area contributed by atoms with Gasteiger partial charge in [0.1, 0.15) is 10.7 Å². The molecule has 1 aromatic heterocycles. The lowest BCUT2D eigenvalue weighted by Crippen LogP contribution is -2.40. The third-order valence-corrected chi connectivity index (χ3v) is 6.05. The third-order valence-electron chi connectivity index (χ3n) is 5.66. The normalized spacial score (nSPS) is 19.8. The molecule has 0 unspecified atom stereocenters. The molecular formula is C22H19ClN4O4. The van der Waals surface area contributed by atoms with Crippen LogP contribution >= 0.6 is 11.6 Å². The Hall–Kier alpha value is -3.52. The van der Waals surface area contributed by atoms with E-state index < -0.39 is 11.6 Å². The van der Waals surface area contributed by atoms with E-state index in [-0.39, 0.29) is 19.2 Å². The summed E-state index contributed by atoms with van der Waals surface area (Å²) in [4.78, 5) is 27.3. The average Bonchev–Trinajstić information content (AvgIpc) is 3.41. The van der Waals surface area contributed by atoms with Crippen molar-refractivity contribution in [2.24, 2.45) is 0 Å². The van der Waals surface area contributed by atoms with Crippen molar-refractivity contribution in [3.05, 3.63) is 70.5 Å². The van der Waals surface area contributed by atoms with Gasteiger partial charge >= 0.3 is 6.03 Å². The van der Waals surface area contributed by atoms with Gasteiger partial charge in [-0.15, -0.1) is 0 Å². The van der Waals surface area contributed by atoms with Crippen molar-refractivity contribution in [3.63, 3.8) is 0 Å². The number of carbonyl (C=O) groups excluding carboxylic acids is 2. The van der Waals surface area contributed by atoms with Crippen LogP contribution in [-0.2, 0) is 16.9 Å². The predicted molar refractivity (Wildman–Crippen MR) is 112 cm³/mol. The van der Waals surface area contributed by atoms with Gasteiger partial charge in [0.05, 0.1) is 17.9 Å². The summed E-state index contributed by atoms with van der Waals surface area (Å²) in [5, 5.41) is 7.66. The number of rotatable bonds is 4. The van der Waals surface area contributed by atoms with Crippen molar-refractivity contribution < 1.29 is 19.1 Å². The van der Waals surface area contributed by atoms with Gasteiger partial charge in [0, 0.05) is 5.56 Å². The lowest BCUT2D eigenvalue weighted by Gasteiger charge is -2.22. The smallest absolute Gasteiger partial charge is 0.325 e. The number of ether oxygens (including phenoxy) is 2. The number of benzene rings is 2. The van der Waals surface area contributed by atoms with E-state index in [4.69, 9.17) is 21.1 Å². The van der Waals surface area contributed by atoms with Crippen LogP contribution in [0, 0.1) is 6.92 Å². The molecule has 1 saturated heterocycles. The highest BCUT2D eigenvalue weighted by Crippen LogP contribution is 2.38. The second kappa shape index (κ2) is 7.02. The summed E-state index contributed by atoms with van der Waals surface area (Å²) in [6.45, 7) is 3.62. The molecule has 8 nitrogen and oxygen atoms in total. The zero-order valence-corrected chi connectivity index (χ0v) is 17.6. The summed E-state index contributed by atoms with van der Waals surface area (Å²) < 4.78 is 12.3. The Balaban J connectivity index is 1.45. The quantitative estimate of drug-likeness (QED) is 0.630. The van der Waals surface area contributed by atoms with Gasteiger partial charge in [-0.2, -0.15) is 5.10 Å². The first kappa shape index (κ1) is 19.4. The summed E-state index contributed by atoms with van der Waals surface area (Å²) in [7, 11) is 0. The number of urea groups is 1. The summed E-state index contributed by atoms with van der Waals surface area (Å²) in [6, 6.07) is 14.1. The van der Waals surface area contributed by atoms with Crippen molar-refractivity contribution in [3.8, 4) is 17.2 Å². The molecule has 158 valence electrons. The molecule has 2 aliphatic rings. The molecule has 1 atom stereocenters. The second-order valence-electron chi connectivity index (χ2n) is 7.62. The fourth-order valence-corrected chi connectivity index (χ4v) is 4.19. The molecule has 5 rings (SSSR count). The van der Waals surface area contributed by atoms with Crippen LogP contribution in [0.2, 0.25) is 5.15 Å². The molecular weight excluding hydrogens is 420 g/mol. The van der Waals surface area contributed by atoms with Crippen LogP contribution in [0.5, 0.6) is 11.5 Å². The van der Waals surface area contributed by atoms with Crippen LogP contribution in [0.15, 0.2) is 48.5 Å². The van der Waals surface area contributed by atoms with Gasteiger partial charge in [0.15, 0.2) is 11.5 Å². The maximum Gasteiger partial charge on any atom is 0.325 e. The summed E-state index contributed by atoms with van der Waals surface area (Å²) >= 11 is 6.59. The minimum absolute atomic E-state index is 0.0162. The van der Waals surface area contributed by atoms with Gasteiger partial charge < -0.3 is 14.8 Å². The number of carbonyl (C=O) groups is 2. The van der Waals surface area contributed by atoms with Crippen LogP contribution in [0.1, 0.15) is 23.7 Å². The molecule has 0 saturated carbocycles. The van der Waals surface area contributed by atoms with Gasteiger partial charge in [-0.25, -0.2) is 9.48 Å². The molecule has 1 N–H and O–H groups in total. The van der Waals surface area contributed by atoms with Crippen LogP contribution in [0.3, 0.4) is 0 Å². The van der Waals surface area contributed by atoms with Crippen molar-refractivity contribution in [1.29, 1.82) is 0 Å². The second-order valence-corrected chi connectivity index (χ2v) is 7.97. The van der Waals surface area contributed by atoms with Gasteiger partial charge in [-0.3, -0.25) is 9.69 Å². The fraction of sp³-hybridized carbons (Fsp3) is 0.227. The number of para-hydroxylation sites is 1. The van der Waals surface area contributed by atoms with Gasteiger partial charge in [-0.1, -0.05) is 35.9 Å². The minimum atomic E-state index is -1.23. The lowest BCUT2D eigenvalue weighted by atomic mass is 9.91. The number of hydrogen-bond donors (Lipinski definition) is 1. The van der Waals surface area contributed by atoms with Crippen LogP contribution in [0.4, 0.5) is 4.79 Å². The number of aromatic nitrogens is 2. The maximum absolute atomic E-state index is 13.3. The summed E-state index contributed by atoms with van der Waals surface area (Å²) in [5.41, 5.74) is 1.44. The van der Waals surface area contributed by atoms with Gasteiger partial charge in [0.25, 0.3) is 5.91 Å². The van der Waals surface area contributed by atoms with E-state index in [1.807, 2.05) is 30.3 Å². The van der Waals surface area contributed by atoms with E-state index in [0.29, 0.717) is 33.5 Å². The number of imide groups is 1. The molecule has 2 aliphatic heterocycles. The molecule has 0 bridgehead atoms. The molecule has 0 aliphatic carbocycles. The number of amides is 3. The van der Waals surface area contributed by atoms with Gasteiger partial charge in [0.2, 0.25) is 6.79 Å². The molecule has 3 heterocycles. The molecule has 2 aromatic carbocycles.